The van der Waals surface area contributed by atoms with E-state index in [0.29, 0.717) is 6.42 Å². The first-order valence-corrected chi connectivity index (χ1v) is 9.28. The topological polar surface area (TPSA) is 63.8 Å². The number of rotatable bonds is 7. The highest BCUT2D eigenvalue weighted by Gasteiger charge is 2.18. The third-order valence-electron chi connectivity index (χ3n) is 3.76. The van der Waals surface area contributed by atoms with Crippen LogP contribution in [0.5, 0.6) is 0 Å². The smallest absolute Gasteiger partial charge is 0.240 e. The van der Waals surface area contributed by atoms with E-state index in [1.807, 2.05) is 18.4 Å². The fourth-order valence-electron chi connectivity index (χ4n) is 2.52. The molecule has 24 heavy (non-hydrogen) atoms. The van der Waals surface area contributed by atoms with Crippen LogP contribution in [0.2, 0.25) is 0 Å². The van der Waals surface area contributed by atoms with Crippen molar-refractivity contribution in [2.45, 2.75) is 38.8 Å². The zero-order chi connectivity index (χ0) is 17.1. The lowest BCUT2D eigenvalue weighted by Crippen LogP contribution is -2.25. The van der Waals surface area contributed by atoms with Gasteiger partial charge in [0.15, 0.2) is 0 Å². The molecule has 3 aromatic rings. The van der Waals surface area contributed by atoms with Crippen LogP contribution in [0.25, 0.3) is 10.2 Å². The van der Waals surface area contributed by atoms with Crippen molar-refractivity contribution in [2.24, 2.45) is 5.73 Å². The van der Waals surface area contributed by atoms with E-state index >= 15 is 0 Å². The van der Waals surface area contributed by atoms with E-state index in [2.05, 4.69) is 21.6 Å². The molecule has 0 amide bonds. The molecule has 8 heteroatoms. The molecule has 0 fully saturated rings. The number of fused-ring (bicyclic) bond motifs is 1. The Morgan fingerprint density at radius 3 is 2.92 bits per heavy atom. The summed E-state index contributed by atoms with van der Waals surface area (Å²) in [5, 5.41) is 13.7. The average molecular weight is 368 g/mol. The van der Waals surface area contributed by atoms with Crippen molar-refractivity contribution in [3.05, 3.63) is 39.0 Å². The van der Waals surface area contributed by atoms with Crippen molar-refractivity contribution >= 4 is 38.6 Å². The average Bonchev–Trinajstić information content (AvgIpc) is 3.14. The number of nitrogens with one attached hydrogen (secondary N) is 1. The largest absolute Gasteiger partial charge is 0.378 e. The molecule has 1 atom stereocenters. The van der Waals surface area contributed by atoms with Gasteiger partial charge in [0.1, 0.15) is 5.52 Å². The van der Waals surface area contributed by atoms with E-state index in [0.717, 1.165) is 32.9 Å². The van der Waals surface area contributed by atoms with Crippen LogP contribution in [-0.2, 0) is 13.0 Å². The monoisotopic (exact) mass is 368 g/mol. The van der Waals surface area contributed by atoms with Gasteiger partial charge in [0.25, 0.3) is 0 Å². The van der Waals surface area contributed by atoms with Gasteiger partial charge in [-0.3, -0.25) is 0 Å². The van der Waals surface area contributed by atoms with E-state index in [4.69, 9.17) is 5.73 Å². The van der Waals surface area contributed by atoms with Gasteiger partial charge in [-0.15, -0.1) is 27.8 Å². The number of anilines is 1. The van der Waals surface area contributed by atoms with Gasteiger partial charge in [0, 0.05) is 28.8 Å². The highest BCUT2D eigenvalue weighted by Crippen LogP contribution is 2.35. The van der Waals surface area contributed by atoms with Crippen LogP contribution in [0.1, 0.15) is 21.7 Å². The molecular formula is C16H18F2N4S2. The maximum absolute atomic E-state index is 12.5. The Morgan fingerprint density at radius 1 is 1.38 bits per heavy atom. The van der Waals surface area contributed by atoms with Gasteiger partial charge in [-0.2, -0.15) is 5.10 Å². The van der Waals surface area contributed by atoms with E-state index < -0.39 is 12.5 Å². The van der Waals surface area contributed by atoms with E-state index in [1.54, 1.807) is 28.9 Å². The number of nitrogens with two attached hydrogens (primary N) is 1. The molecule has 0 aliphatic carbocycles. The van der Waals surface area contributed by atoms with Crippen LogP contribution in [0, 0.1) is 6.92 Å². The van der Waals surface area contributed by atoms with Crippen LogP contribution < -0.4 is 11.1 Å². The SMILES string of the molecule is Cc1c(C[C@@H](N)CC(F)F)sc2c(NCc3cccs3)cnnc12. The predicted molar refractivity (Wildman–Crippen MR) is 96.1 cm³/mol. The fourth-order valence-corrected chi connectivity index (χ4v) is 4.49. The molecule has 0 saturated heterocycles. The summed E-state index contributed by atoms with van der Waals surface area (Å²) in [6.45, 7) is 2.66. The minimum atomic E-state index is -2.38. The van der Waals surface area contributed by atoms with Gasteiger partial charge in [-0.25, -0.2) is 8.78 Å². The molecule has 0 unspecified atom stereocenters. The van der Waals surface area contributed by atoms with Crippen molar-refractivity contribution in [1.82, 2.24) is 10.2 Å². The molecule has 0 radical (unpaired) electrons. The van der Waals surface area contributed by atoms with Gasteiger partial charge in [0.05, 0.1) is 16.6 Å². The number of nitrogens with zero attached hydrogens (tertiary/aromatic N) is 2. The molecule has 0 aliphatic rings. The lowest BCUT2D eigenvalue weighted by molar-refractivity contribution is 0.128. The summed E-state index contributed by atoms with van der Waals surface area (Å²) in [6.07, 6.45) is -0.531. The quantitative estimate of drug-likeness (QED) is 0.656. The number of hydrogen-bond donors (Lipinski definition) is 2. The van der Waals surface area contributed by atoms with Crippen molar-refractivity contribution in [3.63, 3.8) is 0 Å². The van der Waals surface area contributed by atoms with Crippen LogP contribution in [0.15, 0.2) is 23.7 Å². The molecule has 3 rings (SSSR count). The first kappa shape index (κ1) is 17.2. The van der Waals surface area contributed by atoms with Gasteiger partial charge < -0.3 is 11.1 Å². The van der Waals surface area contributed by atoms with E-state index in [1.165, 1.54) is 4.88 Å². The van der Waals surface area contributed by atoms with Crippen molar-refractivity contribution < 1.29 is 8.78 Å². The minimum Gasteiger partial charge on any atom is -0.378 e. The third-order valence-corrected chi connectivity index (χ3v) is 5.98. The zero-order valence-electron chi connectivity index (χ0n) is 13.1. The van der Waals surface area contributed by atoms with Crippen molar-refractivity contribution in [2.75, 3.05) is 5.32 Å². The molecular weight excluding hydrogens is 350 g/mol. The Morgan fingerprint density at radius 2 is 2.21 bits per heavy atom. The number of aromatic nitrogens is 2. The number of hydrogen-bond acceptors (Lipinski definition) is 6. The predicted octanol–water partition coefficient (Wildman–Crippen LogP) is 4.20. The molecule has 0 saturated carbocycles. The lowest BCUT2D eigenvalue weighted by atomic mass is 10.1. The molecule has 3 N–H and O–H groups in total. The minimum absolute atomic E-state index is 0.289. The summed E-state index contributed by atoms with van der Waals surface area (Å²) >= 11 is 3.24. The molecule has 0 aliphatic heterocycles. The molecule has 3 heterocycles. The number of thiophene rings is 2. The summed E-state index contributed by atoms with van der Waals surface area (Å²) in [4.78, 5) is 2.23. The number of aryl methyl sites for hydroxylation is 1. The number of halogens is 2. The lowest BCUT2D eigenvalue weighted by Gasteiger charge is -2.09. The van der Waals surface area contributed by atoms with Crippen molar-refractivity contribution in [1.29, 1.82) is 0 Å². The summed E-state index contributed by atoms with van der Waals surface area (Å²) in [6, 6.07) is 3.53. The Bertz CT molecular complexity index is 802. The van der Waals surface area contributed by atoms with Gasteiger partial charge >= 0.3 is 0 Å². The Balaban J connectivity index is 1.82. The number of alkyl halides is 2. The van der Waals surface area contributed by atoms with Crippen LogP contribution in [0.4, 0.5) is 14.5 Å². The Hall–Kier alpha value is -1.64. The van der Waals surface area contributed by atoms with E-state index in [-0.39, 0.29) is 6.42 Å². The zero-order valence-corrected chi connectivity index (χ0v) is 14.8. The van der Waals surface area contributed by atoms with Gasteiger partial charge in [-0.05, 0) is 30.4 Å². The second-order valence-electron chi connectivity index (χ2n) is 5.61. The van der Waals surface area contributed by atoms with Gasteiger partial charge in [-0.1, -0.05) is 6.07 Å². The molecule has 0 aromatic carbocycles. The molecule has 3 aromatic heterocycles. The normalized spacial score (nSPS) is 12.9. The highest BCUT2D eigenvalue weighted by atomic mass is 32.1. The molecule has 0 spiro atoms. The second-order valence-corrected chi connectivity index (χ2v) is 7.75. The second kappa shape index (κ2) is 7.50. The highest BCUT2D eigenvalue weighted by molar-refractivity contribution is 7.19. The first-order valence-electron chi connectivity index (χ1n) is 7.58. The van der Waals surface area contributed by atoms with Crippen molar-refractivity contribution in [3.8, 4) is 0 Å². The Kier molecular flexibility index (Phi) is 5.37. The Labute approximate surface area is 146 Å². The molecule has 4 nitrogen and oxygen atoms in total. The molecule has 128 valence electrons. The van der Waals surface area contributed by atoms with Crippen LogP contribution in [-0.4, -0.2) is 22.7 Å². The first-order chi connectivity index (χ1) is 11.5. The molecule has 0 bridgehead atoms. The standard InChI is InChI=1S/C16H18F2N4S2/c1-9-13(5-10(19)6-14(17)18)24-16-12(8-21-22-15(9)16)20-7-11-3-2-4-23-11/h2-4,8,10,14H,5-7,19H2,1H3,(H,20,22)/t10-/m1/s1. The summed E-state index contributed by atoms with van der Waals surface area (Å²) in [5.74, 6) is 0. The third kappa shape index (κ3) is 3.88. The summed E-state index contributed by atoms with van der Waals surface area (Å²) in [5.41, 5.74) is 8.54. The van der Waals surface area contributed by atoms with Crippen LogP contribution >= 0.6 is 22.7 Å². The summed E-state index contributed by atoms with van der Waals surface area (Å²) < 4.78 is 26.0. The maximum Gasteiger partial charge on any atom is 0.240 e. The fraction of sp³-hybridized carbons (Fsp3) is 0.375. The van der Waals surface area contributed by atoms with Gasteiger partial charge in [0.2, 0.25) is 6.43 Å². The van der Waals surface area contributed by atoms with Crippen LogP contribution in [0.3, 0.4) is 0 Å². The maximum atomic E-state index is 12.5. The summed E-state index contributed by atoms with van der Waals surface area (Å²) in [7, 11) is 0. The van der Waals surface area contributed by atoms with E-state index in [9.17, 15) is 8.78 Å².